The second-order valence-corrected chi connectivity index (χ2v) is 6.99. The van der Waals surface area contributed by atoms with Gasteiger partial charge in [0, 0.05) is 50.7 Å². The number of H-pyrrole nitrogens is 1. The number of piperazine rings is 1. The number of rotatable bonds is 5. The van der Waals surface area contributed by atoms with E-state index in [1.54, 1.807) is 7.11 Å². The van der Waals surface area contributed by atoms with E-state index < -0.39 is 11.4 Å². The molecule has 0 unspecified atom stereocenters. The third-order valence-electron chi connectivity index (χ3n) is 4.42. The molecule has 1 saturated heterocycles. The maximum Gasteiger partial charge on any atom is 0.288 e. The topological polar surface area (TPSA) is 87.2 Å². The van der Waals surface area contributed by atoms with Gasteiger partial charge in [0.2, 0.25) is 16.9 Å². The molecule has 134 valence electrons. The van der Waals surface area contributed by atoms with Crippen LogP contribution in [-0.2, 0) is 11.3 Å². The van der Waals surface area contributed by atoms with E-state index in [1.165, 1.54) is 11.5 Å². The summed E-state index contributed by atoms with van der Waals surface area (Å²) < 4.78 is 23.2. The summed E-state index contributed by atoms with van der Waals surface area (Å²) in [5.74, 6) is 0.515. The van der Waals surface area contributed by atoms with Gasteiger partial charge in [0.25, 0.3) is 5.56 Å². The van der Waals surface area contributed by atoms with Gasteiger partial charge in [0.05, 0.1) is 5.69 Å². The molecule has 2 aliphatic rings. The van der Waals surface area contributed by atoms with E-state index in [1.807, 2.05) is 4.90 Å². The normalized spacial score (nSPS) is 18.0. The van der Waals surface area contributed by atoms with Gasteiger partial charge < -0.3 is 14.5 Å². The Morgan fingerprint density at radius 3 is 2.64 bits per heavy atom. The minimum Gasteiger partial charge on any atom is -0.377 e. The smallest absolute Gasteiger partial charge is 0.288 e. The van der Waals surface area contributed by atoms with E-state index in [4.69, 9.17) is 4.74 Å². The van der Waals surface area contributed by atoms with Crippen molar-refractivity contribution >= 4 is 22.6 Å². The van der Waals surface area contributed by atoms with Crippen molar-refractivity contribution in [2.45, 2.75) is 25.4 Å². The molecule has 25 heavy (non-hydrogen) atoms. The summed E-state index contributed by atoms with van der Waals surface area (Å²) in [6.45, 7) is 3.24. The molecule has 0 bridgehead atoms. The van der Waals surface area contributed by atoms with Crippen LogP contribution in [0.5, 0.6) is 0 Å². The molecule has 1 N–H and O–H groups in total. The minimum absolute atomic E-state index is 0.0999. The lowest BCUT2D eigenvalue weighted by molar-refractivity contribution is 0.179. The van der Waals surface area contributed by atoms with Gasteiger partial charge in [0.1, 0.15) is 6.61 Å². The monoisotopic (exact) mass is 366 g/mol. The Morgan fingerprint density at radius 1 is 1.24 bits per heavy atom. The van der Waals surface area contributed by atoms with Gasteiger partial charge in [-0.25, -0.2) is 9.97 Å². The summed E-state index contributed by atoms with van der Waals surface area (Å²) >= 11 is 1.36. The molecular weight excluding hydrogens is 347 g/mol. The highest BCUT2D eigenvalue weighted by molar-refractivity contribution is 7.09. The van der Waals surface area contributed by atoms with E-state index in [2.05, 4.69) is 24.2 Å². The average Bonchev–Trinajstić information content (AvgIpc) is 3.36. The highest BCUT2D eigenvalue weighted by Gasteiger charge is 2.31. The number of nitrogens with one attached hydrogen (secondary N) is 1. The summed E-state index contributed by atoms with van der Waals surface area (Å²) in [4.78, 5) is 27.4. The van der Waals surface area contributed by atoms with Crippen molar-refractivity contribution in [3.8, 4) is 0 Å². The number of hydrogen-bond donors (Lipinski definition) is 1. The van der Waals surface area contributed by atoms with E-state index >= 15 is 0 Å². The lowest BCUT2D eigenvalue weighted by Crippen LogP contribution is -2.47. The number of methoxy groups -OCH3 is 1. The maximum absolute atomic E-state index is 13.9. The number of halogens is 1. The van der Waals surface area contributed by atoms with Crippen LogP contribution in [0.15, 0.2) is 4.79 Å². The minimum atomic E-state index is -0.732. The Kier molecular flexibility index (Phi) is 4.38. The lowest BCUT2D eigenvalue weighted by atomic mass is 10.2. The van der Waals surface area contributed by atoms with Gasteiger partial charge in [-0.1, -0.05) is 0 Å². The first-order valence-electron chi connectivity index (χ1n) is 8.27. The molecule has 3 heterocycles. The van der Waals surface area contributed by atoms with Gasteiger partial charge in [-0.15, -0.1) is 0 Å². The first-order valence-corrected chi connectivity index (χ1v) is 9.04. The summed E-state index contributed by atoms with van der Waals surface area (Å²) in [6.07, 6.45) is 1.81. The van der Waals surface area contributed by atoms with Crippen LogP contribution in [0.2, 0.25) is 0 Å². The zero-order valence-corrected chi connectivity index (χ0v) is 14.7. The van der Waals surface area contributed by atoms with Crippen LogP contribution in [0.4, 0.5) is 15.5 Å². The van der Waals surface area contributed by atoms with Crippen molar-refractivity contribution in [3.05, 3.63) is 27.7 Å². The predicted octanol–water partition coefficient (Wildman–Crippen LogP) is 1.11. The summed E-state index contributed by atoms with van der Waals surface area (Å²) in [7, 11) is 1.62. The third kappa shape index (κ3) is 3.36. The van der Waals surface area contributed by atoms with Gasteiger partial charge in [0.15, 0.2) is 5.82 Å². The van der Waals surface area contributed by atoms with Crippen molar-refractivity contribution in [2.24, 2.45) is 0 Å². The van der Waals surface area contributed by atoms with Crippen LogP contribution in [-0.4, -0.2) is 52.6 Å². The summed E-state index contributed by atoms with van der Waals surface area (Å²) in [5, 5.41) is 0.867. The molecule has 8 nitrogen and oxygen atoms in total. The van der Waals surface area contributed by atoms with Crippen molar-refractivity contribution in [1.29, 1.82) is 0 Å². The second-order valence-electron chi connectivity index (χ2n) is 6.26. The van der Waals surface area contributed by atoms with Crippen LogP contribution in [0, 0.1) is 5.82 Å². The van der Waals surface area contributed by atoms with Gasteiger partial charge in [-0.05, 0) is 12.8 Å². The standard InChI is InChI=1S/C15H19FN6O2S/c1-24-8-10-17-15(25-20-10)22-6-4-21(5-7-22)14-18-12(9-2-3-9)11(16)13(23)19-14/h9H,2-8H2,1H3,(H,18,19,23). The molecule has 1 saturated carbocycles. The molecule has 1 aliphatic carbocycles. The van der Waals surface area contributed by atoms with Gasteiger partial charge >= 0.3 is 0 Å². The highest BCUT2D eigenvalue weighted by Crippen LogP contribution is 2.39. The first-order chi connectivity index (χ1) is 12.2. The molecule has 10 heteroatoms. The maximum atomic E-state index is 13.9. The zero-order valence-electron chi connectivity index (χ0n) is 13.9. The molecule has 1 aliphatic heterocycles. The quantitative estimate of drug-likeness (QED) is 0.848. The van der Waals surface area contributed by atoms with E-state index in [0.717, 1.165) is 31.1 Å². The molecule has 2 fully saturated rings. The molecule has 4 rings (SSSR count). The molecule has 0 atom stereocenters. The van der Waals surface area contributed by atoms with Crippen molar-refractivity contribution in [1.82, 2.24) is 19.3 Å². The number of hydrogen-bond acceptors (Lipinski definition) is 8. The molecule has 0 aromatic carbocycles. The van der Waals surface area contributed by atoms with Crippen molar-refractivity contribution < 1.29 is 9.13 Å². The van der Waals surface area contributed by atoms with Gasteiger partial charge in [-0.2, -0.15) is 8.76 Å². The van der Waals surface area contributed by atoms with Crippen molar-refractivity contribution in [3.63, 3.8) is 0 Å². The molecule has 2 aromatic heterocycles. The van der Waals surface area contributed by atoms with E-state index in [-0.39, 0.29) is 5.92 Å². The molecule has 0 spiro atoms. The van der Waals surface area contributed by atoms with Crippen LogP contribution in [0.25, 0.3) is 0 Å². The predicted molar refractivity (Wildman–Crippen MR) is 91.8 cm³/mol. The Labute approximate surface area is 147 Å². The fourth-order valence-electron chi connectivity index (χ4n) is 2.91. The third-order valence-corrected chi connectivity index (χ3v) is 5.24. The highest BCUT2D eigenvalue weighted by atomic mass is 32.1. The zero-order chi connectivity index (χ0) is 17.4. The SMILES string of the molecule is COCc1nsc(N2CCN(c3nc(C4CC4)c(F)c(=O)[nH]3)CC2)n1. The van der Waals surface area contributed by atoms with Crippen LogP contribution in [0.1, 0.15) is 30.3 Å². The number of anilines is 2. The molecular formula is C15H19FN6O2S. The Hall–Kier alpha value is -2.07. The number of nitrogens with zero attached hydrogens (tertiary/aromatic N) is 5. The number of aromatic nitrogens is 4. The summed E-state index contributed by atoms with van der Waals surface area (Å²) in [5.41, 5.74) is -0.364. The Morgan fingerprint density at radius 2 is 1.96 bits per heavy atom. The largest absolute Gasteiger partial charge is 0.377 e. The summed E-state index contributed by atoms with van der Waals surface area (Å²) in [6, 6.07) is 0. The van der Waals surface area contributed by atoms with Crippen LogP contribution < -0.4 is 15.4 Å². The van der Waals surface area contributed by atoms with Crippen LogP contribution in [0.3, 0.4) is 0 Å². The fourth-order valence-corrected chi connectivity index (χ4v) is 3.64. The van der Waals surface area contributed by atoms with Crippen molar-refractivity contribution in [2.75, 3.05) is 43.1 Å². The molecule has 0 amide bonds. The first kappa shape index (κ1) is 16.4. The fraction of sp³-hybridized carbons (Fsp3) is 0.600. The second kappa shape index (κ2) is 6.68. The van der Waals surface area contributed by atoms with E-state index in [9.17, 15) is 9.18 Å². The Bertz CT molecular complexity index is 813. The molecule has 2 aromatic rings. The number of aromatic amines is 1. The lowest BCUT2D eigenvalue weighted by Gasteiger charge is -2.34. The number of ether oxygens (including phenoxy) is 1. The van der Waals surface area contributed by atoms with Gasteiger partial charge in [-0.3, -0.25) is 9.78 Å². The average molecular weight is 366 g/mol. The Balaban J connectivity index is 1.45. The van der Waals surface area contributed by atoms with Crippen LogP contribution >= 0.6 is 11.5 Å². The van der Waals surface area contributed by atoms with E-state index in [0.29, 0.717) is 37.2 Å². The molecule has 0 radical (unpaired) electrons.